The molecule has 10 heteroatoms. The highest BCUT2D eigenvalue weighted by molar-refractivity contribution is 5.67. The summed E-state index contributed by atoms with van der Waals surface area (Å²) in [7, 11) is 0. The second-order valence-electron chi connectivity index (χ2n) is 8.57. The Morgan fingerprint density at radius 1 is 0.816 bits per heavy atom. The molecular formula is C28H36N6O4. The monoisotopic (exact) mass is 520 g/mol. The average molecular weight is 521 g/mol. The van der Waals surface area contributed by atoms with Crippen LogP contribution >= 0.6 is 0 Å². The Hall–Kier alpha value is -3.99. The Bertz CT molecular complexity index is 1080. The second kappa shape index (κ2) is 16.7. The van der Waals surface area contributed by atoms with Crippen LogP contribution in [0.25, 0.3) is 11.3 Å². The van der Waals surface area contributed by atoms with Crippen LogP contribution in [0.3, 0.4) is 0 Å². The molecule has 202 valence electrons. The van der Waals surface area contributed by atoms with Crippen LogP contribution in [0.4, 0.5) is 9.59 Å². The fourth-order valence-electron chi connectivity index (χ4n) is 3.68. The summed E-state index contributed by atoms with van der Waals surface area (Å²) < 4.78 is 5.26. The van der Waals surface area contributed by atoms with Gasteiger partial charge in [0.15, 0.2) is 0 Å². The van der Waals surface area contributed by atoms with Crippen molar-refractivity contribution < 1.29 is 19.4 Å². The van der Waals surface area contributed by atoms with Crippen LogP contribution in [0, 0.1) is 0 Å². The van der Waals surface area contributed by atoms with Crippen LogP contribution in [-0.4, -0.2) is 66.6 Å². The largest absolute Gasteiger partial charge is 0.465 e. The number of carbonyl (C=O) groups is 2. The number of carboxylic acid groups (broad SMARTS) is 1. The molecule has 0 atom stereocenters. The summed E-state index contributed by atoms with van der Waals surface area (Å²) >= 11 is 0. The Morgan fingerprint density at radius 3 is 2.32 bits per heavy atom. The molecule has 2 amide bonds. The van der Waals surface area contributed by atoms with Crippen molar-refractivity contribution in [3.63, 3.8) is 0 Å². The van der Waals surface area contributed by atoms with Gasteiger partial charge in [-0.1, -0.05) is 60.7 Å². The van der Waals surface area contributed by atoms with Crippen LogP contribution in [0.15, 0.2) is 79.0 Å². The van der Waals surface area contributed by atoms with Gasteiger partial charge in [0.2, 0.25) is 0 Å². The third-order valence-electron chi connectivity index (χ3n) is 5.59. The molecule has 0 spiro atoms. The third-order valence-corrected chi connectivity index (χ3v) is 5.59. The van der Waals surface area contributed by atoms with Crippen LogP contribution in [0.2, 0.25) is 0 Å². The zero-order valence-electron chi connectivity index (χ0n) is 21.4. The number of alkyl carbamates (subject to hydrolysis) is 1. The Kier molecular flexibility index (Phi) is 12.6. The van der Waals surface area contributed by atoms with E-state index in [0.29, 0.717) is 32.7 Å². The topological polar surface area (TPSA) is 128 Å². The summed E-state index contributed by atoms with van der Waals surface area (Å²) in [5, 5.41) is 19.1. The lowest BCUT2D eigenvalue weighted by Gasteiger charge is -2.24. The molecule has 0 saturated carbocycles. The van der Waals surface area contributed by atoms with E-state index in [-0.39, 0.29) is 6.61 Å². The summed E-state index contributed by atoms with van der Waals surface area (Å²) in [5.74, 6) is 0. The number of hydrogen-bond acceptors (Lipinski definition) is 7. The quantitative estimate of drug-likeness (QED) is 0.144. The number of rotatable bonds is 16. The minimum atomic E-state index is -1.02. The number of benzene rings is 2. The molecule has 10 nitrogen and oxygen atoms in total. The number of carbonyl (C=O) groups excluding carboxylic acids is 1. The number of ether oxygens (including phenoxy) is 1. The molecule has 3 aromatic rings. The van der Waals surface area contributed by atoms with E-state index in [4.69, 9.17) is 9.84 Å². The van der Waals surface area contributed by atoms with Crippen LogP contribution < -0.4 is 21.4 Å². The van der Waals surface area contributed by atoms with E-state index in [1.54, 1.807) is 6.20 Å². The SMILES string of the molecule is O=C(O)NCCNCCCN(Cc1ccc(-c2ccccn2)cc1)NCCNC(=O)OCc1ccccc1. The number of hydrogen-bond donors (Lipinski definition) is 5. The van der Waals surface area contributed by atoms with Crippen molar-refractivity contribution in [1.29, 1.82) is 0 Å². The van der Waals surface area contributed by atoms with Crippen molar-refractivity contribution in [2.75, 3.05) is 39.3 Å². The molecule has 0 bridgehead atoms. The van der Waals surface area contributed by atoms with Crippen LogP contribution in [-0.2, 0) is 17.9 Å². The van der Waals surface area contributed by atoms with Gasteiger partial charge in [0.05, 0.1) is 5.69 Å². The zero-order valence-corrected chi connectivity index (χ0v) is 21.4. The highest BCUT2D eigenvalue weighted by Gasteiger charge is 2.08. The number of amides is 2. The van der Waals surface area contributed by atoms with Gasteiger partial charge in [-0.25, -0.2) is 14.6 Å². The molecule has 0 saturated heterocycles. The van der Waals surface area contributed by atoms with Gasteiger partial charge >= 0.3 is 12.2 Å². The Labute approximate surface area is 223 Å². The second-order valence-corrected chi connectivity index (χ2v) is 8.57. The van der Waals surface area contributed by atoms with E-state index in [1.165, 1.54) is 0 Å². The lowest BCUT2D eigenvalue weighted by Crippen LogP contribution is -2.43. The Morgan fingerprint density at radius 2 is 1.58 bits per heavy atom. The molecule has 0 aliphatic rings. The first kappa shape index (κ1) is 28.6. The molecule has 0 aliphatic heterocycles. The summed E-state index contributed by atoms with van der Waals surface area (Å²) in [6.07, 6.45) is 1.17. The smallest absolute Gasteiger partial charge is 0.407 e. The van der Waals surface area contributed by atoms with Crippen molar-refractivity contribution in [2.24, 2.45) is 0 Å². The highest BCUT2D eigenvalue weighted by Crippen LogP contribution is 2.17. The highest BCUT2D eigenvalue weighted by atomic mass is 16.5. The van der Waals surface area contributed by atoms with Crippen molar-refractivity contribution in [1.82, 2.24) is 31.4 Å². The Balaban J connectivity index is 1.43. The zero-order chi connectivity index (χ0) is 26.8. The lowest BCUT2D eigenvalue weighted by atomic mass is 10.1. The molecular weight excluding hydrogens is 484 g/mol. The summed E-state index contributed by atoms with van der Waals surface area (Å²) in [6, 6.07) is 23.7. The van der Waals surface area contributed by atoms with E-state index in [1.807, 2.05) is 48.5 Å². The molecule has 5 N–H and O–H groups in total. The van der Waals surface area contributed by atoms with Gasteiger partial charge in [-0.2, -0.15) is 0 Å². The maximum Gasteiger partial charge on any atom is 0.407 e. The fraction of sp³-hybridized carbons (Fsp3) is 0.321. The molecule has 0 aliphatic carbocycles. The predicted molar refractivity (Wildman–Crippen MR) is 146 cm³/mol. The molecule has 1 heterocycles. The average Bonchev–Trinajstić information content (AvgIpc) is 2.94. The molecule has 38 heavy (non-hydrogen) atoms. The maximum absolute atomic E-state index is 12.0. The van der Waals surface area contributed by atoms with Gasteiger partial charge < -0.3 is 25.8 Å². The molecule has 1 aromatic heterocycles. The van der Waals surface area contributed by atoms with E-state index in [9.17, 15) is 9.59 Å². The molecule has 0 unspecified atom stereocenters. The number of aromatic nitrogens is 1. The first-order valence-electron chi connectivity index (χ1n) is 12.7. The molecule has 2 aromatic carbocycles. The molecule has 0 radical (unpaired) electrons. The summed E-state index contributed by atoms with van der Waals surface area (Å²) in [4.78, 5) is 26.9. The van der Waals surface area contributed by atoms with E-state index >= 15 is 0 Å². The van der Waals surface area contributed by atoms with E-state index < -0.39 is 12.2 Å². The van der Waals surface area contributed by atoms with Gasteiger partial charge in [-0.3, -0.25) is 10.4 Å². The minimum absolute atomic E-state index is 0.232. The van der Waals surface area contributed by atoms with Gasteiger partial charge in [0.1, 0.15) is 6.61 Å². The summed E-state index contributed by atoms with van der Waals surface area (Å²) in [6.45, 7) is 4.33. The van der Waals surface area contributed by atoms with Crippen LogP contribution in [0.1, 0.15) is 17.5 Å². The minimum Gasteiger partial charge on any atom is -0.465 e. The maximum atomic E-state index is 12.0. The first-order chi connectivity index (χ1) is 18.6. The van der Waals surface area contributed by atoms with E-state index in [0.717, 1.165) is 41.9 Å². The van der Waals surface area contributed by atoms with Crippen LogP contribution in [0.5, 0.6) is 0 Å². The van der Waals surface area contributed by atoms with Gasteiger partial charge in [-0.05, 0) is 36.2 Å². The predicted octanol–water partition coefficient (Wildman–Crippen LogP) is 3.23. The fourth-order valence-corrected chi connectivity index (χ4v) is 3.68. The third kappa shape index (κ3) is 11.4. The van der Waals surface area contributed by atoms with Gasteiger partial charge in [-0.15, -0.1) is 0 Å². The number of pyridine rings is 1. The van der Waals surface area contributed by atoms with Gasteiger partial charge in [0, 0.05) is 51.0 Å². The number of hydrazine groups is 1. The normalized spacial score (nSPS) is 10.8. The van der Waals surface area contributed by atoms with Gasteiger partial charge in [0.25, 0.3) is 0 Å². The summed E-state index contributed by atoms with van der Waals surface area (Å²) in [5.41, 5.74) is 7.47. The number of nitrogens with zero attached hydrogens (tertiary/aromatic N) is 2. The van der Waals surface area contributed by atoms with E-state index in [2.05, 4.69) is 55.6 Å². The van der Waals surface area contributed by atoms with Crippen molar-refractivity contribution in [3.8, 4) is 11.3 Å². The van der Waals surface area contributed by atoms with Crippen molar-refractivity contribution in [3.05, 3.63) is 90.1 Å². The number of nitrogens with one attached hydrogen (secondary N) is 4. The van der Waals surface area contributed by atoms with Crippen molar-refractivity contribution in [2.45, 2.75) is 19.6 Å². The first-order valence-corrected chi connectivity index (χ1v) is 12.7. The van der Waals surface area contributed by atoms with Crippen molar-refractivity contribution >= 4 is 12.2 Å². The molecule has 0 fully saturated rings. The lowest BCUT2D eigenvalue weighted by molar-refractivity contribution is 0.136. The standard InChI is InChI=1S/C28H36N6O4/c35-27(36)31-17-16-29-14-6-20-34(21-23-10-12-25(13-11-23)26-9-4-5-15-30-26)33-19-18-32-28(37)38-22-24-7-2-1-3-8-24/h1-5,7-13,15,29,31,33H,6,14,16-22H2,(H,32,37)(H,35,36). The molecule has 3 rings (SSSR count).